The molecule has 0 saturated heterocycles. The summed E-state index contributed by atoms with van der Waals surface area (Å²) >= 11 is 0. The first-order valence-electron chi connectivity index (χ1n) is 27.8. The summed E-state index contributed by atoms with van der Waals surface area (Å²) in [5.74, 6) is 0. The molecule has 1 aliphatic heterocycles. The van der Waals surface area contributed by atoms with Gasteiger partial charge in [-0.2, -0.15) is 0 Å². The first-order chi connectivity index (χ1) is 39.6. The monoisotopic (exact) mass is 1030 g/mol. The second-order valence-electron chi connectivity index (χ2n) is 21.6. The zero-order valence-corrected chi connectivity index (χ0v) is 45.4. The van der Waals surface area contributed by atoms with Crippen LogP contribution in [0.3, 0.4) is 0 Å². The van der Waals surface area contributed by atoms with Crippen molar-refractivity contribution < 1.29 is 0 Å². The zero-order chi connectivity index (χ0) is 52.7. The molecular formula is C78H51NSi. The summed E-state index contributed by atoms with van der Waals surface area (Å²) in [5.41, 5.74) is 23.6. The van der Waals surface area contributed by atoms with Crippen LogP contribution in [0.25, 0.3) is 149 Å². The van der Waals surface area contributed by atoms with Crippen molar-refractivity contribution in [3.63, 3.8) is 0 Å². The van der Waals surface area contributed by atoms with Crippen molar-refractivity contribution in [1.82, 2.24) is 4.57 Å². The smallest absolute Gasteiger partial charge is 0.0892 e. The summed E-state index contributed by atoms with van der Waals surface area (Å²) in [7, 11) is -0.738. The van der Waals surface area contributed by atoms with Gasteiger partial charge in [0.25, 0.3) is 0 Å². The topological polar surface area (TPSA) is 4.93 Å². The fraction of sp³-hybridized carbons (Fsp3) is 0. The number of aromatic nitrogens is 1. The van der Waals surface area contributed by atoms with Crippen molar-refractivity contribution in [3.8, 4) is 94.7 Å². The lowest BCUT2D eigenvalue weighted by Crippen LogP contribution is -2.21. The summed E-state index contributed by atoms with van der Waals surface area (Å²) < 4.78 is 2.51. The van der Waals surface area contributed by atoms with Crippen molar-refractivity contribution >= 4 is 74.0 Å². The second-order valence-corrected chi connectivity index (χ2v) is 23.5. The van der Waals surface area contributed by atoms with Crippen LogP contribution in [0.2, 0.25) is 0 Å². The van der Waals surface area contributed by atoms with E-state index in [2.05, 4.69) is 302 Å². The van der Waals surface area contributed by atoms with Crippen LogP contribution in [-0.4, -0.2) is 14.1 Å². The fourth-order valence-electron chi connectivity index (χ4n) is 13.0. The van der Waals surface area contributed by atoms with Crippen molar-refractivity contribution in [2.24, 2.45) is 0 Å². The summed E-state index contributed by atoms with van der Waals surface area (Å²) in [6.07, 6.45) is 0. The predicted octanol–water partition coefficient (Wildman–Crippen LogP) is 19.0. The molecule has 14 aromatic carbocycles. The van der Waals surface area contributed by atoms with Gasteiger partial charge in [0, 0.05) is 16.5 Å². The number of hydrogen-bond acceptors (Lipinski definition) is 0. The van der Waals surface area contributed by atoms with Gasteiger partial charge in [-0.3, -0.25) is 0 Å². The van der Waals surface area contributed by atoms with Crippen molar-refractivity contribution in [2.45, 2.75) is 0 Å². The third-order valence-electron chi connectivity index (χ3n) is 17.1. The SMILES string of the molecule is c1ccc2c(-c3ccc(-c4ccc(-c5ccc6c(c5)c5cc(-c7ccc(-c8ccc(-c9cccc%10ccccc9%10)cc8)cc7)ccc5n6-c5ccc6c(c5)[SiH2]c5cc(-c7cccc8ccccc78)ccc5-6)cc4)cc3)cccc2c1. The molecule has 0 saturated carbocycles. The predicted molar refractivity (Wildman–Crippen MR) is 345 cm³/mol. The van der Waals surface area contributed by atoms with Crippen LogP contribution in [0, 0.1) is 0 Å². The van der Waals surface area contributed by atoms with Gasteiger partial charge in [0.05, 0.1) is 20.6 Å². The van der Waals surface area contributed by atoms with Gasteiger partial charge >= 0.3 is 0 Å². The van der Waals surface area contributed by atoms with Crippen LogP contribution in [0.1, 0.15) is 0 Å². The molecule has 0 atom stereocenters. The van der Waals surface area contributed by atoms with E-state index in [0.717, 1.165) is 0 Å². The van der Waals surface area contributed by atoms with Crippen molar-refractivity contribution in [1.29, 1.82) is 0 Å². The van der Waals surface area contributed by atoms with E-state index in [-0.39, 0.29) is 0 Å². The minimum absolute atomic E-state index is 0.738. The average molecular weight is 1030 g/mol. The van der Waals surface area contributed by atoms with E-state index in [4.69, 9.17) is 0 Å². The fourth-order valence-corrected chi connectivity index (χ4v) is 15.0. The van der Waals surface area contributed by atoms with Crippen LogP contribution < -0.4 is 10.4 Å². The maximum atomic E-state index is 2.51. The minimum atomic E-state index is -0.738. The van der Waals surface area contributed by atoms with Gasteiger partial charge in [-0.15, -0.1) is 0 Å². The Balaban J connectivity index is 0.748. The van der Waals surface area contributed by atoms with Crippen LogP contribution in [0.15, 0.2) is 297 Å². The van der Waals surface area contributed by atoms with Crippen LogP contribution in [0.5, 0.6) is 0 Å². The van der Waals surface area contributed by atoms with E-state index in [0.29, 0.717) is 0 Å². The Morgan fingerprint density at radius 3 is 0.963 bits per heavy atom. The molecule has 2 heterocycles. The van der Waals surface area contributed by atoms with Gasteiger partial charge < -0.3 is 4.57 Å². The Morgan fingerprint density at radius 1 is 0.200 bits per heavy atom. The van der Waals surface area contributed by atoms with E-state index in [1.54, 1.807) is 0 Å². The molecule has 1 aliphatic rings. The molecule has 0 fully saturated rings. The van der Waals surface area contributed by atoms with Gasteiger partial charge in [0.15, 0.2) is 0 Å². The molecule has 0 bridgehead atoms. The molecule has 0 spiro atoms. The zero-order valence-electron chi connectivity index (χ0n) is 43.9. The third kappa shape index (κ3) is 7.83. The highest BCUT2D eigenvalue weighted by Gasteiger charge is 2.23. The quantitative estimate of drug-likeness (QED) is 0.134. The third-order valence-corrected chi connectivity index (χ3v) is 19.0. The van der Waals surface area contributed by atoms with Gasteiger partial charge in [0.2, 0.25) is 0 Å². The summed E-state index contributed by atoms with van der Waals surface area (Å²) in [6.45, 7) is 0. The summed E-state index contributed by atoms with van der Waals surface area (Å²) in [6, 6.07) is 111. The Hall–Kier alpha value is -10.1. The van der Waals surface area contributed by atoms with Crippen LogP contribution in [0.4, 0.5) is 0 Å². The van der Waals surface area contributed by atoms with E-state index in [9.17, 15) is 0 Å². The average Bonchev–Trinajstić information content (AvgIpc) is 4.29. The molecular weight excluding hydrogens is 979 g/mol. The Labute approximate surface area is 467 Å². The lowest BCUT2D eigenvalue weighted by molar-refractivity contribution is 1.18. The summed E-state index contributed by atoms with van der Waals surface area (Å²) in [5, 5.41) is 13.2. The maximum absolute atomic E-state index is 2.51. The Bertz CT molecular complexity index is 4690. The van der Waals surface area contributed by atoms with Crippen LogP contribution >= 0.6 is 0 Å². The van der Waals surface area contributed by atoms with Gasteiger partial charge in [-0.05, 0) is 158 Å². The maximum Gasteiger partial charge on any atom is 0.0892 e. The molecule has 0 unspecified atom stereocenters. The lowest BCUT2D eigenvalue weighted by Gasteiger charge is -2.12. The molecule has 372 valence electrons. The summed E-state index contributed by atoms with van der Waals surface area (Å²) in [4.78, 5) is 0. The number of hydrogen-bond donors (Lipinski definition) is 0. The highest BCUT2D eigenvalue weighted by molar-refractivity contribution is 6.73. The molecule has 1 aromatic heterocycles. The van der Waals surface area contributed by atoms with Crippen LogP contribution in [-0.2, 0) is 0 Å². The number of benzene rings is 14. The van der Waals surface area contributed by atoms with E-state index in [1.165, 1.54) is 159 Å². The lowest BCUT2D eigenvalue weighted by atomic mass is 9.95. The molecule has 1 nitrogen and oxygen atoms in total. The number of fused-ring (bicyclic) bond motifs is 9. The molecule has 0 amide bonds. The standard InChI is InChI=1S/C78H51NSi/c1-4-16-65-56(10-1)13-7-19-68(65)59-34-30-52(31-35-59)50-22-26-54(27-23-50)61-39-44-75-73(46-61)74-47-62(55-28-24-51(25-29-55)53-32-36-60(37-33-53)69-20-8-14-57-11-2-5-17-66(57)69)40-45-76(74)79(75)64-41-43-72-71-42-38-63(48-77(71)80-78(72)49-64)70-21-9-15-58-12-3-6-18-67(58)70/h1-49H,80H2. The first kappa shape index (κ1) is 46.0. The van der Waals surface area contributed by atoms with Crippen molar-refractivity contribution in [2.75, 3.05) is 0 Å². The molecule has 0 aliphatic carbocycles. The normalized spacial score (nSPS) is 12.2. The first-order valence-corrected chi connectivity index (χ1v) is 29.2. The van der Waals surface area contributed by atoms with E-state index >= 15 is 0 Å². The molecule has 16 rings (SSSR count). The van der Waals surface area contributed by atoms with Crippen molar-refractivity contribution in [3.05, 3.63) is 297 Å². The van der Waals surface area contributed by atoms with Gasteiger partial charge in [-0.1, -0.05) is 271 Å². The number of rotatable bonds is 8. The largest absolute Gasteiger partial charge is 0.309 e. The molecule has 0 radical (unpaired) electrons. The van der Waals surface area contributed by atoms with E-state index in [1.807, 2.05) is 0 Å². The second kappa shape index (κ2) is 18.8. The highest BCUT2D eigenvalue weighted by Crippen LogP contribution is 2.40. The Morgan fingerprint density at radius 2 is 0.525 bits per heavy atom. The minimum Gasteiger partial charge on any atom is -0.309 e. The highest BCUT2D eigenvalue weighted by atomic mass is 28.2. The van der Waals surface area contributed by atoms with E-state index < -0.39 is 9.52 Å². The molecule has 80 heavy (non-hydrogen) atoms. The molecule has 2 heteroatoms. The molecule has 0 N–H and O–H groups in total. The van der Waals surface area contributed by atoms with Gasteiger partial charge in [0.1, 0.15) is 0 Å². The number of nitrogens with zero attached hydrogens (tertiary/aromatic N) is 1. The molecule has 15 aromatic rings. The Kier molecular flexibility index (Phi) is 10.8. The van der Waals surface area contributed by atoms with Gasteiger partial charge in [-0.25, -0.2) is 0 Å².